The molecule has 0 radical (unpaired) electrons. The molecule has 13 nitrogen and oxygen atoms in total. The molecule has 2 N–H and O–H groups in total. The van der Waals surface area contributed by atoms with Crippen LogP contribution in [0, 0.1) is 20.2 Å². The zero-order valence-corrected chi connectivity index (χ0v) is 15.8. The lowest BCUT2D eigenvalue weighted by Crippen LogP contribution is -2.28. The zero-order chi connectivity index (χ0) is 22.6. The van der Waals surface area contributed by atoms with E-state index in [-0.39, 0.29) is 11.4 Å². The number of nitro benzene ring substituents is 2. The highest BCUT2D eigenvalue weighted by Crippen LogP contribution is 2.12. The van der Waals surface area contributed by atoms with Crippen LogP contribution < -0.4 is 10.9 Å². The van der Waals surface area contributed by atoms with Crippen molar-refractivity contribution in [2.24, 2.45) is 10.2 Å². The second-order valence-electron chi connectivity index (χ2n) is 5.78. The first kappa shape index (κ1) is 22.8. The minimum Gasteiger partial charge on any atom is -0.362 e. The molecule has 2 aromatic carbocycles. The highest BCUT2D eigenvalue weighted by atomic mass is 16.6. The van der Waals surface area contributed by atoms with E-state index in [0.29, 0.717) is 11.1 Å². The number of nitrogens with one attached hydrogen (secondary N) is 2. The first-order chi connectivity index (χ1) is 14.8. The van der Waals surface area contributed by atoms with E-state index in [2.05, 4.69) is 21.1 Å². The van der Waals surface area contributed by atoms with Crippen molar-refractivity contribution >= 4 is 35.6 Å². The van der Waals surface area contributed by atoms with Crippen molar-refractivity contribution in [3.63, 3.8) is 0 Å². The van der Waals surface area contributed by atoms with Gasteiger partial charge in [-0.15, -0.1) is 0 Å². The number of carbonyl (C=O) groups excluding carboxylic acids is 2. The van der Waals surface area contributed by atoms with E-state index in [9.17, 15) is 29.8 Å². The molecule has 0 aromatic heterocycles. The highest BCUT2D eigenvalue weighted by molar-refractivity contribution is 5.84. The summed E-state index contributed by atoms with van der Waals surface area (Å²) in [4.78, 5) is 43.5. The summed E-state index contributed by atoms with van der Waals surface area (Å²) in [5, 5.41) is 28.7. The van der Waals surface area contributed by atoms with Crippen LogP contribution in [0.4, 0.5) is 11.4 Å². The Morgan fingerprint density at radius 3 is 1.65 bits per heavy atom. The zero-order valence-electron chi connectivity index (χ0n) is 15.8. The molecule has 31 heavy (non-hydrogen) atoms. The van der Waals surface area contributed by atoms with E-state index < -0.39 is 34.9 Å². The van der Waals surface area contributed by atoms with E-state index in [1.54, 1.807) is 12.1 Å². The molecule has 0 aliphatic heterocycles. The highest BCUT2D eigenvalue weighted by Gasteiger charge is 2.06. The lowest BCUT2D eigenvalue weighted by Gasteiger charge is -2.02. The summed E-state index contributed by atoms with van der Waals surface area (Å²) in [6.45, 7) is -0.928. The van der Waals surface area contributed by atoms with Crippen LogP contribution >= 0.6 is 0 Å². The van der Waals surface area contributed by atoms with Crippen molar-refractivity contribution < 1.29 is 24.2 Å². The number of hydrazone groups is 2. The van der Waals surface area contributed by atoms with Gasteiger partial charge in [0.05, 0.1) is 22.3 Å². The minimum absolute atomic E-state index is 0.113. The van der Waals surface area contributed by atoms with E-state index in [0.717, 1.165) is 0 Å². The fourth-order valence-corrected chi connectivity index (χ4v) is 2.10. The molecule has 160 valence electrons. The van der Waals surface area contributed by atoms with E-state index in [4.69, 9.17) is 4.74 Å². The lowest BCUT2D eigenvalue weighted by molar-refractivity contribution is -0.385. The Bertz CT molecular complexity index is 956. The maximum Gasteiger partial charge on any atom is 0.270 e. The van der Waals surface area contributed by atoms with Gasteiger partial charge in [0.25, 0.3) is 23.2 Å². The first-order valence-corrected chi connectivity index (χ1v) is 8.55. The molecule has 0 heterocycles. The fraction of sp³-hybridized carbons (Fsp3) is 0.111. The number of nitro groups is 2. The Hall–Kier alpha value is -4.52. The molecule has 0 spiro atoms. The van der Waals surface area contributed by atoms with Crippen LogP contribution in [0.25, 0.3) is 0 Å². The quantitative estimate of drug-likeness (QED) is 0.323. The van der Waals surface area contributed by atoms with Crippen molar-refractivity contribution in [2.75, 3.05) is 13.2 Å². The summed E-state index contributed by atoms with van der Waals surface area (Å²) < 4.78 is 4.91. The molecular formula is C18H16N6O7. The molecule has 0 fully saturated rings. The van der Waals surface area contributed by atoms with Gasteiger partial charge in [0.2, 0.25) is 0 Å². The third-order valence-electron chi connectivity index (χ3n) is 3.43. The monoisotopic (exact) mass is 428 g/mol. The van der Waals surface area contributed by atoms with Gasteiger partial charge in [0.15, 0.2) is 0 Å². The summed E-state index contributed by atoms with van der Waals surface area (Å²) in [6, 6.07) is 11.3. The molecule has 0 aliphatic rings. The molecule has 0 saturated heterocycles. The molecule has 13 heteroatoms. The number of rotatable bonds is 10. The minimum atomic E-state index is -0.644. The van der Waals surface area contributed by atoms with Crippen molar-refractivity contribution in [3.8, 4) is 0 Å². The van der Waals surface area contributed by atoms with Gasteiger partial charge in [-0.25, -0.2) is 10.9 Å². The predicted octanol–water partition coefficient (Wildman–Crippen LogP) is 1.12. The van der Waals surface area contributed by atoms with Crippen LogP contribution in [0.15, 0.2) is 58.7 Å². The van der Waals surface area contributed by atoms with Gasteiger partial charge in [0, 0.05) is 35.4 Å². The summed E-state index contributed by atoms with van der Waals surface area (Å²) in [7, 11) is 0. The molecular weight excluding hydrogens is 412 g/mol. The first-order valence-electron chi connectivity index (χ1n) is 8.55. The summed E-state index contributed by atoms with van der Waals surface area (Å²) in [5.74, 6) is -1.29. The number of benzene rings is 2. The van der Waals surface area contributed by atoms with Gasteiger partial charge in [-0.05, 0) is 0 Å². The van der Waals surface area contributed by atoms with Gasteiger partial charge >= 0.3 is 0 Å². The van der Waals surface area contributed by atoms with Gasteiger partial charge in [0.1, 0.15) is 13.2 Å². The number of ether oxygens (including phenoxy) is 1. The molecule has 0 saturated carbocycles. The Kier molecular flexibility index (Phi) is 8.43. The van der Waals surface area contributed by atoms with Crippen LogP contribution in [0.2, 0.25) is 0 Å². The van der Waals surface area contributed by atoms with E-state index in [1.807, 2.05) is 0 Å². The van der Waals surface area contributed by atoms with Gasteiger partial charge in [-0.2, -0.15) is 10.2 Å². The number of non-ortho nitro benzene ring substituents is 2. The Morgan fingerprint density at radius 1 is 0.839 bits per heavy atom. The Labute approximate surface area is 174 Å². The lowest BCUT2D eigenvalue weighted by atomic mass is 10.2. The third kappa shape index (κ3) is 8.16. The average Bonchev–Trinajstić information content (AvgIpc) is 2.74. The van der Waals surface area contributed by atoms with Crippen molar-refractivity contribution in [1.82, 2.24) is 10.9 Å². The largest absolute Gasteiger partial charge is 0.362 e. The summed E-state index contributed by atoms with van der Waals surface area (Å²) in [6.07, 6.45) is 2.44. The molecule has 0 aliphatic carbocycles. The summed E-state index contributed by atoms with van der Waals surface area (Å²) in [5.41, 5.74) is 4.90. The number of nitrogens with zero attached hydrogens (tertiary/aromatic N) is 4. The Morgan fingerprint density at radius 2 is 1.26 bits per heavy atom. The smallest absolute Gasteiger partial charge is 0.270 e. The van der Waals surface area contributed by atoms with Crippen molar-refractivity contribution in [1.29, 1.82) is 0 Å². The van der Waals surface area contributed by atoms with Crippen LogP contribution in [-0.4, -0.2) is 47.3 Å². The van der Waals surface area contributed by atoms with Crippen LogP contribution in [0.5, 0.6) is 0 Å². The molecule has 2 amide bonds. The third-order valence-corrected chi connectivity index (χ3v) is 3.43. The van der Waals surface area contributed by atoms with Gasteiger partial charge < -0.3 is 4.74 Å². The topological polar surface area (TPSA) is 178 Å². The SMILES string of the molecule is O=C(COCC(=O)N/N=C/c1cccc([N+](=O)[O-])c1)N/N=C/c1cccc([N+](=O)[O-])c1. The van der Waals surface area contributed by atoms with Crippen molar-refractivity contribution in [3.05, 3.63) is 79.9 Å². The van der Waals surface area contributed by atoms with Crippen LogP contribution in [0.3, 0.4) is 0 Å². The molecule has 0 bridgehead atoms. The second-order valence-corrected chi connectivity index (χ2v) is 5.78. The summed E-state index contributed by atoms with van der Waals surface area (Å²) >= 11 is 0. The van der Waals surface area contributed by atoms with Gasteiger partial charge in [-0.3, -0.25) is 29.8 Å². The van der Waals surface area contributed by atoms with Crippen LogP contribution in [-0.2, 0) is 14.3 Å². The number of carbonyl (C=O) groups is 2. The maximum atomic E-state index is 11.6. The van der Waals surface area contributed by atoms with Gasteiger partial charge in [-0.1, -0.05) is 24.3 Å². The second kappa shape index (κ2) is 11.5. The average molecular weight is 428 g/mol. The van der Waals surface area contributed by atoms with Crippen LogP contribution in [0.1, 0.15) is 11.1 Å². The van der Waals surface area contributed by atoms with E-state index >= 15 is 0 Å². The standard InChI is InChI=1S/C18H16N6O7/c25-17(21-19-9-13-3-1-5-15(7-13)23(27)28)11-31-12-18(26)22-20-10-14-4-2-6-16(8-14)24(29)30/h1-10H,11-12H2,(H,21,25)(H,22,26)/b19-9+,20-10+. The van der Waals surface area contributed by atoms with E-state index in [1.165, 1.54) is 48.8 Å². The molecule has 0 atom stereocenters. The molecule has 0 unspecified atom stereocenters. The number of hydrogen-bond acceptors (Lipinski definition) is 9. The predicted molar refractivity (Wildman–Crippen MR) is 108 cm³/mol. The number of amides is 2. The molecule has 2 rings (SSSR count). The maximum absolute atomic E-state index is 11.6. The Balaban J connectivity index is 1.69. The normalized spacial score (nSPS) is 10.8. The fourth-order valence-electron chi connectivity index (χ4n) is 2.10. The number of hydrogen-bond donors (Lipinski definition) is 2. The van der Waals surface area contributed by atoms with Crippen molar-refractivity contribution in [2.45, 2.75) is 0 Å². The molecule has 2 aromatic rings.